The first-order chi connectivity index (χ1) is 13.6. The van der Waals surface area contributed by atoms with E-state index in [0.29, 0.717) is 19.6 Å². The SMILES string of the molecule is CN=C(NCCN1CCCS1(=O)=O)N1CCN(C/C=C/c2ccccc2)CC1. The second kappa shape index (κ2) is 10.0. The molecule has 3 rings (SSSR count). The second-order valence-corrected chi connectivity index (χ2v) is 9.23. The van der Waals surface area contributed by atoms with Gasteiger partial charge in [-0.3, -0.25) is 9.89 Å². The lowest BCUT2D eigenvalue weighted by Gasteiger charge is -2.36. The van der Waals surface area contributed by atoms with Gasteiger partial charge < -0.3 is 10.2 Å². The van der Waals surface area contributed by atoms with E-state index in [9.17, 15) is 8.42 Å². The van der Waals surface area contributed by atoms with Crippen molar-refractivity contribution in [2.75, 3.05) is 65.2 Å². The Balaban J connectivity index is 1.38. The lowest BCUT2D eigenvalue weighted by atomic mass is 10.2. The predicted octanol–water partition coefficient (Wildman–Crippen LogP) is 0.928. The van der Waals surface area contributed by atoms with Gasteiger partial charge in [0.2, 0.25) is 10.0 Å². The molecule has 2 saturated heterocycles. The van der Waals surface area contributed by atoms with Crippen molar-refractivity contribution in [3.8, 4) is 0 Å². The van der Waals surface area contributed by atoms with Crippen LogP contribution < -0.4 is 5.32 Å². The van der Waals surface area contributed by atoms with Crippen LogP contribution in [0.15, 0.2) is 41.4 Å². The number of hydrogen-bond acceptors (Lipinski definition) is 4. The van der Waals surface area contributed by atoms with Crippen LogP contribution in [0.3, 0.4) is 0 Å². The van der Waals surface area contributed by atoms with E-state index in [4.69, 9.17) is 0 Å². The summed E-state index contributed by atoms with van der Waals surface area (Å²) < 4.78 is 25.3. The molecule has 28 heavy (non-hydrogen) atoms. The molecule has 0 aromatic heterocycles. The fraction of sp³-hybridized carbons (Fsp3) is 0.550. The van der Waals surface area contributed by atoms with Gasteiger partial charge in [0.15, 0.2) is 5.96 Å². The third-order valence-corrected chi connectivity index (χ3v) is 7.16. The van der Waals surface area contributed by atoms with Crippen LogP contribution in [0, 0.1) is 0 Å². The average Bonchev–Trinajstić information content (AvgIpc) is 3.05. The van der Waals surface area contributed by atoms with Gasteiger partial charge in [0.25, 0.3) is 0 Å². The second-order valence-electron chi connectivity index (χ2n) is 7.14. The van der Waals surface area contributed by atoms with Crippen LogP contribution in [0.5, 0.6) is 0 Å². The number of hydrogen-bond donors (Lipinski definition) is 1. The van der Waals surface area contributed by atoms with Crippen LogP contribution in [0.25, 0.3) is 6.08 Å². The van der Waals surface area contributed by atoms with Crippen molar-refractivity contribution in [3.05, 3.63) is 42.0 Å². The molecule has 0 amide bonds. The summed E-state index contributed by atoms with van der Waals surface area (Å²) in [6.07, 6.45) is 5.12. The number of guanidine groups is 1. The zero-order valence-electron chi connectivity index (χ0n) is 16.6. The van der Waals surface area contributed by atoms with Gasteiger partial charge in [-0.1, -0.05) is 42.5 Å². The molecule has 2 aliphatic rings. The number of sulfonamides is 1. The maximum absolute atomic E-state index is 11.9. The molecule has 154 valence electrons. The third kappa shape index (κ3) is 5.80. The summed E-state index contributed by atoms with van der Waals surface area (Å²) in [6, 6.07) is 10.4. The number of benzene rings is 1. The van der Waals surface area contributed by atoms with Crippen LogP contribution in [0.4, 0.5) is 0 Å². The zero-order chi connectivity index (χ0) is 19.8. The summed E-state index contributed by atoms with van der Waals surface area (Å²) in [5.74, 6) is 1.14. The van der Waals surface area contributed by atoms with E-state index in [1.807, 2.05) is 6.07 Å². The number of piperazine rings is 1. The summed E-state index contributed by atoms with van der Waals surface area (Å²) in [5.41, 5.74) is 1.23. The standard InChI is InChI=1S/C20H31N5O2S/c1-21-20(22-10-13-25-12-6-18-28(25,26)27)24-16-14-23(15-17-24)11-5-9-19-7-3-2-4-8-19/h2-5,7-9H,6,10-18H2,1H3,(H,21,22)/b9-5+. The van der Waals surface area contributed by atoms with E-state index in [1.165, 1.54) is 5.56 Å². The van der Waals surface area contributed by atoms with Gasteiger partial charge in [0.05, 0.1) is 5.75 Å². The summed E-state index contributed by atoms with van der Waals surface area (Å²) in [7, 11) is -1.24. The Kier molecular flexibility index (Phi) is 7.47. The number of aliphatic imine (C=N–C) groups is 1. The normalized spacial score (nSPS) is 21.5. The predicted molar refractivity (Wildman–Crippen MR) is 115 cm³/mol. The minimum atomic E-state index is -3.03. The average molecular weight is 406 g/mol. The molecule has 0 aliphatic carbocycles. The smallest absolute Gasteiger partial charge is 0.214 e. The summed E-state index contributed by atoms with van der Waals surface area (Å²) in [4.78, 5) is 9.05. The minimum Gasteiger partial charge on any atom is -0.355 e. The van der Waals surface area contributed by atoms with Crippen molar-refractivity contribution in [3.63, 3.8) is 0 Å². The van der Waals surface area contributed by atoms with E-state index in [0.717, 1.165) is 45.1 Å². The Hall–Kier alpha value is -1.90. The maximum Gasteiger partial charge on any atom is 0.214 e. The van der Waals surface area contributed by atoms with Gasteiger partial charge >= 0.3 is 0 Å². The zero-order valence-corrected chi connectivity index (χ0v) is 17.4. The number of nitrogens with one attached hydrogen (secondary N) is 1. The molecule has 0 radical (unpaired) electrons. The first-order valence-electron chi connectivity index (χ1n) is 9.96. The van der Waals surface area contributed by atoms with E-state index in [1.54, 1.807) is 11.4 Å². The molecule has 0 atom stereocenters. The van der Waals surface area contributed by atoms with Gasteiger partial charge in [0.1, 0.15) is 0 Å². The lowest BCUT2D eigenvalue weighted by Crippen LogP contribution is -2.53. The fourth-order valence-corrected chi connectivity index (χ4v) is 5.14. The topological polar surface area (TPSA) is 68.2 Å². The molecule has 2 fully saturated rings. The highest BCUT2D eigenvalue weighted by Gasteiger charge is 2.27. The highest BCUT2D eigenvalue weighted by Crippen LogP contribution is 2.12. The van der Waals surface area contributed by atoms with Gasteiger partial charge in [-0.05, 0) is 12.0 Å². The molecule has 1 aromatic rings. The number of nitrogens with zero attached hydrogens (tertiary/aromatic N) is 4. The minimum absolute atomic E-state index is 0.280. The van der Waals surface area contributed by atoms with Crippen molar-refractivity contribution in [2.45, 2.75) is 6.42 Å². The van der Waals surface area contributed by atoms with Crippen molar-refractivity contribution in [1.29, 1.82) is 0 Å². The molecule has 0 bridgehead atoms. The molecular weight excluding hydrogens is 374 g/mol. The first-order valence-corrected chi connectivity index (χ1v) is 11.6. The molecule has 7 nitrogen and oxygen atoms in total. The van der Waals surface area contributed by atoms with Gasteiger partial charge in [-0.2, -0.15) is 0 Å². The molecule has 0 saturated carbocycles. The Morgan fingerprint density at radius 3 is 2.54 bits per heavy atom. The molecule has 1 aromatic carbocycles. The van der Waals surface area contributed by atoms with Crippen molar-refractivity contribution in [1.82, 2.24) is 19.4 Å². The van der Waals surface area contributed by atoms with Crippen LogP contribution in [0.1, 0.15) is 12.0 Å². The van der Waals surface area contributed by atoms with E-state index < -0.39 is 10.0 Å². The molecule has 8 heteroatoms. The van der Waals surface area contributed by atoms with Crippen molar-refractivity contribution in [2.24, 2.45) is 4.99 Å². The highest BCUT2D eigenvalue weighted by molar-refractivity contribution is 7.89. The lowest BCUT2D eigenvalue weighted by molar-refractivity contribution is 0.194. The molecule has 2 heterocycles. The van der Waals surface area contributed by atoms with E-state index in [-0.39, 0.29) is 5.75 Å². The molecule has 2 aliphatic heterocycles. The van der Waals surface area contributed by atoms with Crippen LogP contribution in [-0.2, 0) is 10.0 Å². The van der Waals surface area contributed by atoms with Gasteiger partial charge in [-0.15, -0.1) is 0 Å². The Labute approximate surface area is 168 Å². The number of rotatable bonds is 6. The Morgan fingerprint density at radius 2 is 1.89 bits per heavy atom. The van der Waals surface area contributed by atoms with Gasteiger partial charge in [0, 0.05) is 59.4 Å². The molecule has 0 unspecified atom stereocenters. The van der Waals surface area contributed by atoms with Crippen LogP contribution in [-0.4, -0.2) is 93.6 Å². The van der Waals surface area contributed by atoms with Crippen LogP contribution in [0.2, 0.25) is 0 Å². The van der Waals surface area contributed by atoms with Crippen molar-refractivity contribution >= 4 is 22.1 Å². The summed E-state index contributed by atoms with van der Waals surface area (Å²) in [6.45, 7) is 6.49. The van der Waals surface area contributed by atoms with E-state index in [2.05, 4.69) is 56.5 Å². The molecular formula is C20H31N5O2S. The highest BCUT2D eigenvalue weighted by atomic mass is 32.2. The first kappa shape index (κ1) is 20.8. The van der Waals surface area contributed by atoms with E-state index >= 15 is 0 Å². The fourth-order valence-electron chi connectivity index (χ4n) is 3.61. The maximum atomic E-state index is 11.9. The Bertz CT molecular complexity index is 771. The van der Waals surface area contributed by atoms with Crippen LogP contribution >= 0.6 is 0 Å². The molecule has 0 spiro atoms. The van der Waals surface area contributed by atoms with Crippen molar-refractivity contribution < 1.29 is 8.42 Å². The Morgan fingerprint density at radius 1 is 1.14 bits per heavy atom. The van der Waals surface area contributed by atoms with Gasteiger partial charge in [-0.25, -0.2) is 12.7 Å². The summed E-state index contributed by atoms with van der Waals surface area (Å²) in [5, 5.41) is 3.32. The largest absolute Gasteiger partial charge is 0.355 e. The quantitative estimate of drug-likeness (QED) is 0.563. The summed E-state index contributed by atoms with van der Waals surface area (Å²) >= 11 is 0. The third-order valence-electron chi connectivity index (χ3n) is 5.20. The monoisotopic (exact) mass is 405 g/mol. The molecule has 1 N–H and O–H groups in total.